The van der Waals surface area contributed by atoms with Gasteiger partial charge in [0.1, 0.15) is 11.1 Å². The largest absolute Gasteiger partial charge is 0.459 e. The third-order valence-electron chi connectivity index (χ3n) is 3.26. The highest BCUT2D eigenvalue weighted by Gasteiger charge is 2.63. The van der Waals surface area contributed by atoms with Crippen molar-refractivity contribution in [1.82, 2.24) is 0 Å². The maximum atomic E-state index is 11.9. The molecule has 0 bridgehead atoms. The van der Waals surface area contributed by atoms with Crippen LogP contribution in [-0.2, 0) is 9.53 Å². The van der Waals surface area contributed by atoms with Crippen molar-refractivity contribution in [1.29, 1.82) is 0 Å². The lowest BCUT2D eigenvalue weighted by Crippen LogP contribution is -2.73. The maximum Gasteiger partial charge on any atom is 0.327 e. The highest BCUT2D eigenvalue weighted by Crippen LogP contribution is 2.48. The molecule has 0 amide bonds. The molecule has 0 saturated heterocycles. The molecular formula is C11H21NO3. The van der Waals surface area contributed by atoms with Crippen LogP contribution in [0.1, 0.15) is 41.0 Å². The van der Waals surface area contributed by atoms with Gasteiger partial charge in [0, 0.05) is 11.8 Å². The molecule has 1 rings (SSSR count). The molecule has 0 aliphatic heterocycles. The number of nitrogens with two attached hydrogens (primary N) is 1. The predicted octanol–water partition coefficient (Wildman–Crippen LogP) is 0.816. The Labute approximate surface area is 90.8 Å². The second-order valence-electron chi connectivity index (χ2n) is 5.91. The smallest absolute Gasteiger partial charge is 0.327 e. The molecule has 0 aromatic rings. The van der Waals surface area contributed by atoms with Crippen molar-refractivity contribution in [2.75, 3.05) is 0 Å². The highest BCUT2D eigenvalue weighted by molar-refractivity contribution is 5.84. The Morgan fingerprint density at radius 1 is 1.47 bits per heavy atom. The summed E-state index contributed by atoms with van der Waals surface area (Å²) in [4.78, 5) is 11.9. The first-order valence-electron chi connectivity index (χ1n) is 5.21. The lowest BCUT2D eigenvalue weighted by molar-refractivity contribution is -0.191. The van der Waals surface area contributed by atoms with Gasteiger partial charge in [0.15, 0.2) is 0 Å². The summed E-state index contributed by atoms with van der Waals surface area (Å²) < 4.78 is 5.25. The van der Waals surface area contributed by atoms with Gasteiger partial charge in [-0.3, -0.25) is 4.79 Å². The van der Waals surface area contributed by atoms with E-state index >= 15 is 0 Å². The maximum absolute atomic E-state index is 11.9. The Morgan fingerprint density at radius 3 is 2.20 bits per heavy atom. The van der Waals surface area contributed by atoms with Gasteiger partial charge in [0.2, 0.25) is 0 Å². The van der Waals surface area contributed by atoms with E-state index in [1.165, 1.54) is 0 Å². The summed E-state index contributed by atoms with van der Waals surface area (Å²) in [6.45, 7) is 8.97. The van der Waals surface area contributed by atoms with Gasteiger partial charge in [-0.15, -0.1) is 0 Å². The topological polar surface area (TPSA) is 72.5 Å². The third kappa shape index (κ3) is 1.88. The van der Waals surface area contributed by atoms with Crippen LogP contribution in [0.2, 0.25) is 0 Å². The van der Waals surface area contributed by atoms with Gasteiger partial charge in [-0.1, -0.05) is 13.8 Å². The molecular weight excluding hydrogens is 194 g/mol. The summed E-state index contributed by atoms with van der Waals surface area (Å²) in [5, 5.41) is 9.57. The Bertz CT molecular complexity index is 280. The molecule has 1 aliphatic carbocycles. The normalized spacial score (nSPS) is 34.5. The fraction of sp³-hybridized carbons (Fsp3) is 0.909. The zero-order valence-corrected chi connectivity index (χ0v) is 10.1. The van der Waals surface area contributed by atoms with Gasteiger partial charge in [-0.2, -0.15) is 0 Å². The zero-order valence-electron chi connectivity index (χ0n) is 10.1. The van der Waals surface area contributed by atoms with Crippen LogP contribution in [0.5, 0.6) is 0 Å². The van der Waals surface area contributed by atoms with Gasteiger partial charge >= 0.3 is 5.97 Å². The molecule has 0 heterocycles. The number of hydrogen-bond acceptors (Lipinski definition) is 4. The molecule has 0 spiro atoms. The minimum Gasteiger partial charge on any atom is -0.459 e. The van der Waals surface area contributed by atoms with Crippen LogP contribution in [0, 0.1) is 5.41 Å². The lowest BCUT2D eigenvalue weighted by Gasteiger charge is -2.55. The van der Waals surface area contributed by atoms with E-state index < -0.39 is 28.6 Å². The average molecular weight is 215 g/mol. The zero-order chi connectivity index (χ0) is 12.1. The van der Waals surface area contributed by atoms with Crippen molar-refractivity contribution in [2.45, 2.75) is 58.3 Å². The SMILES string of the molecule is CC(C)(C)OC(=O)C1(N)CC(O)C1(C)C. The minimum atomic E-state index is -1.06. The van der Waals surface area contributed by atoms with E-state index in [4.69, 9.17) is 10.5 Å². The van der Waals surface area contributed by atoms with Crippen LogP contribution in [0.4, 0.5) is 0 Å². The van der Waals surface area contributed by atoms with Crippen LogP contribution in [0.15, 0.2) is 0 Å². The monoisotopic (exact) mass is 215 g/mol. The predicted molar refractivity (Wildman–Crippen MR) is 57.2 cm³/mol. The van der Waals surface area contributed by atoms with Crippen LogP contribution in [0.25, 0.3) is 0 Å². The summed E-state index contributed by atoms with van der Waals surface area (Å²) in [7, 11) is 0. The van der Waals surface area contributed by atoms with Crippen molar-refractivity contribution < 1.29 is 14.6 Å². The van der Waals surface area contributed by atoms with Crippen molar-refractivity contribution in [3.63, 3.8) is 0 Å². The first kappa shape index (κ1) is 12.5. The molecule has 3 N–H and O–H groups in total. The summed E-state index contributed by atoms with van der Waals surface area (Å²) in [6, 6.07) is 0. The highest BCUT2D eigenvalue weighted by atomic mass is 16.6. The van der Waals surface area contributed by atoms with Crippen molar-refractivity contribution in [3.8, 4) is 0 Å². The molecule has 2 atom stereocenters. The van der Waals surface area contributed by atoms with Crippen LogP contribution in [-0.4, -0.2) is 28.3 Å². The number of esters is 1. The molecule has 0 aromatic carbocycles. The number of hydrogen-bond donors (Lipinski definition) is 2. The Morgan fingerprint density at radius 2 is 1.93 bits per heavy atom. The molecule has 0 aromatic heterocycles. The third-order valence-corrected chi connectivity index (χ3v) is 3.26. The summed E-state index contributed by atoms with van der Waals surface area (Å²) in [6.07, 6.45) is -0.260. The number of carbonyl (C=O) groups is 1. The van der Waals surface area contributed by atoms with Crippen molar-refractivity contribution in [3.05, 3.63) is 0 Å². The van der Waals surface area contributed by atoms with Crippen molar-refractivity contribution >= 4 is 5.97 Å². The van der Waals surface area contributed by atoms with E-state index in [0.29, 0.717) is 0 Å². The number of aliphatic hydroxyl groups excluding tert-OH is 1. The van der Waals surface area contributed by atoms with Gasteiger partial charge in [-0.05, 0) is 20.8 Å². The summed E-state index contributed by atoms with van der Waals surface area (Å²) in [5.74, 6) is -0.426. The Hall–Kier alpha value is -0.610. The van der Waals surface area contributed by atoms with Crippen LogP contribution < -0.4 is 5.73 Å². The molecule has 0 radical (unpaired) electrons. The van der Waals surface area contributed by atoms with Gasteiger partial charge < -0.3 is 15.6 Å². The fourth-order valence-corrected chi connectivity index (χ4v) is 1.70. The molecule has 1 fully saturated rings. The molecule has 1 aliphatic rings. The molecule has 2 unspecified atom stereocenters. The minimum absolute atomic E-state index is 0.273. The molecule has 1 saturated carbocycles. The second-order valence-corrected chi connectivity index (χ2v) is 5.91. The van der Waals surface area contributed by atoms with Crippen LogP contribution in [0.3, 0.4) is 0 Å². The fourth-order valence-electron chi connectivity index (χ4n) is 1.70. The quantitative estimate of drug-likeness (QED) is 0.635. The number of carbonyl (C=O) groups excluding carboxylic acids is 1. The second kappa shape index (κ2) is 3.19. The molecule has 88 valence electrons. The van der Waals surface area contributed by atoms with E-state index in [1.54, 1.807) is 34.6 Å². The van der Waals surface area contributed by atoms with E-state index in [2.05, 4.69) is 0 Å². The van der Waals surface area contributed by atoms with Crippen molar-refractivity contribution in [2.24, 2.45) is 11.1 Å². The summed E-state index contributed by atoms with van der Waals surface area (Å²) in [5.41, 5.74) is 3.77. The lowest BCUT2D eigenvalue weighted by atomic mass is 9.55. The van der Waals surface area contributed by atoms with Gasteiger partial charge in [-0.25, -0.2) is 0 Å². The number of ether oxygens (including phenoxy) is 1. The number of rotatable bonds is 1. The average Bonchev–Trinajstić information content (AvgIpc) is 2.00. The van der Waals surface area contributed by atoms with Gasteiger partial charge in [0.05, 0.1) is 6.10 Å². The van der Waals surface area contributed by atoms with E-state index in [9.17, 15) is 9.90 Å². The summed E-state index contributed by atoms with van der Waals surface area (Å²) >= 11 is 0. The molecule has 4 heteroatoms. The Balaban J connectivity index is 2.78. The standard InChI is InChI=1S/C11H21NO3/c1-9(2,3)15-8(14)11(12)6-7(13)10(11,4)5/h7,13H,6,12H2,1-5H3. The Kier molecular flexibility index (Phi) is 2.65. The van der Waals surface area contributed by atoms with Crippen LogP contribution >= 0.6 is 0 Å². The van der Waals surface area contributed by atoms with E-state index in [0.717, 1.165) is 0 Å². The first-order chi connectivity index (χ1) is 6.51. The molecule has 4 nitrogen and oxygen atoms in total. The van der Waals surface area contributed by atoms with E-state index in [1.807, 2.05) is 0 Å². The van der Waals surface area contributed by atoms with Gasteiger partial charge in [0.25, 0.3) is 0 Å². The first-order valence-corrected chi connectivity index (χ1v) is 5.21. The molecule has 15 heavy (non-hydrogen) atoms. The number of aliphatic hydroxyl groups is 1. The van der Waals surface area contributed by atoms with E-state index in [-0.39, 0.29) is 6.42 Å².